The fourth-order valence-electron chi connectivity index (χ4n) is 3.26. The number of hydrogen-bond donors (Lipinski definition) is 3. The summed E-state index contributed by atoms with van der Waals surface area (Å²) in [5, 5.41) is 7.95. The van der Waals surface area contributed by atoms with Crippen LogP contribution in [0.2, 0.25) is 5.02 Å². The lowest BCUT2D eigenvalue weighted by molar-refractivity contribution is 0.167. The highest BCUT2D eigenvalue weighted by molar-refractivity contribution is 7.99. The van der Waals surface area contributed by atoms with Crippen molar-refractivity contribution >= 4 is 46.5 Å². The second-order valence-corrected chi connectivity index (χ2v) is 9.83. The first-order valence-corrected chi connectivity index (χ1v) is 13.0. The third-order valence-electron chi connectivity index (χ3n) is 5.11. The number of thiazole rings is 1. The number of nitrogens with one attached hydrogen (secondary N) is 3. The quantitative estimate of drug-likeness (QED) is 0.227. The number of halogens is 2. The number of nitrogens with zero attached hydrogens (tertiary/aromatic N) is 3. The predicted octanol–water partition coefficient (Wildman–Crippen LogP) is 5.62. The van der Waals surface area contributed by atoms with E-state index in [-0.39, 0.29) is 11.9 Å². The molecule has 0 radical (unpaired) electrons. The van der Waals surface area contributed by atoms with E-state index in [4.69, 9.17) is 26.3 Å². The number of ether oxygens (including phenoxy) is 1. The van der Waals surface area contributed by atoms with E-state index in [9.17, 15) is 4.39 Å². The largest absolute Gasteiger partial charge is 0.370 e. The zero-order valence-electron chi connectivity index (χ0n) is 18.6. The van der Waals surface area contributed by atoms with Crippen molar-refractivity contribution in [2.24, 2.45) is 0 Å². The van der Waals surface area contributed by atoms with Crippen molar-refractivity contribution in [3.63, 3.8) is 0 Å². The van der Waals surface area contributed by atoms with Gasteiger partial charge in [-0.2, -0.15) is 0 Å². The van der Waals surface area contributed by atoms with Gasteiger partial charge in [-0.05, 0) is 38.0 Å². The van der Waals surface area contributed by atoms with Gasteiger partial charge in [0.1, 0.15) is 5.82 Å². The van der Waals surface area contributed by atoms with Gasteiger partial charge in [-0.3, -0.25) is 5.32 Å². The Morgan fingerprint density at radius 3 is 2.88 bits per heavy atom. The number of aromatic nitrogens is 3. The van der Waals surface area contributed by atoms with Crippen LogP contribution in [0.15, 0.2) is 24.4 Å². The molecular weight excluding hydrogens is 483 g/mol. The van der Waals surface area contributed by atoms with E-state index in [1.165, 1.54) is 24.1 Å². The van der Waals surface area contributed by atoms with Crippen molar-refractivity contribution < 1.29 is 9.13 Å². The summed E-state index contributed by atoms with van der Waals surface area (Å²) in [6.45, 7) is 3.15. The summed E-state index contributed by atoms with van der Waals surface area (Å²) in [7, 11) is 1.65. The summed E-state index contributed by atoms with van der Waals surface area (Å²) in [5.74, 6) is 0.590. The Balaban J connectivity index is 1.68. The molecular formula is C22H26ClFN6OS2. The van der Waals surface area contributed by atoms with Crippen molar-refractivity contribution in [2.45, 2.75) is 31.7 Å². The van der Waals surface area contributed by atoms with Crippen molar-refractivity contribution in [3.8, 4) is 21.8 Å². The lowest BCUT2D eigenvalue weighted by atomic mass is 10.1. The van der Waals surface area contributed by atoms with Gasteiger partial charge in [-0.25, -0.2) is 19.3 Å². The third kappa shape index (κ3) is 5.93. The molecule has 7 nitrogen and oxygen atoms in total. The van der Waals surface area contributed by atoms with Crippen LogP contribution < -0.4 is 15.4 Å². The Hall–Kier alpha value is -1.98. The van der Waals surface area contributed by atoms with Crippen LogP contribution in [0.1, 0.15) is 30.7 Å². The number of methoxy groups -OCH3 is 1. The molecule has 0 aliphatic heterocycles. The molecule has 1 fully saturated rings. The van der Waals surface area contributed by atoms with Crippen molar-refractivity contribution in [2.75, 3.05) is 36.7 Å². The molecule has 3 aromatic rings. The minimum Gasteiger partial charge on any atom is -0.370 e. The summed E-state index contributed by atoms with van der Waals surface area (Å²) in [5.41, 5.74) is 2.45. The highest BCUT2D eigenvalue weighted by atomic mass is 35.5. The molecule has 1 aliphatic carbocycles. The highest BCUT2D eigenvalue weighted by Crippen LogP contribution is 2.48. The average Bonchev–Trinajstić information content (AvgIpc) is 3.57. The lowest BCUT2D eigenvalue weighted by Gasteiger charge is -2.14. The van der Waals surface area contributed by atoms with Gasteiger partial charge in [0.15, 0.2) is 0 Å². The van der Waals surface area contributed by atoms with Crippen LogP contribution in [-0.2, 0) is 4.74 Å². The summed E-state index contributed by atoms with van der Waals surface area (Å²) in [4.78, 5) is 14.8. The maximum atomic E-state index is 14.5. The lowest BCUT2D eigenvalue weighted by Crippen LogP contribution is -2.34. The van der Waals surface area contributed by atoms with E-state index in [0.29, 0.717) is 47.1 Å². The Kier molecular flexibility index (Phi) is 8.02. The van der Waals surface area contributed by atoms with Crippen molar-refractivity contribution in [1.82, 2.24) is 20.3 Å². The second-order valence-electron chi connectivity index (χ2n) is 7.81. The minimum absolute atomic E-state index is 0.172. The smallest absolute Gasteiger partial charge is 0.223 e. The second kappa shape index (κ2) is 11.0. The zero-order valence-corrected chi connectivity index (χ0v) is 21.0. The molecule has 0 bridgehead atoms. The molecule has 2 aromatic heterocycles. The minimum atomic E-state index is -0.375. The summed E-state index contributed by atoms with van der Waals surface area (Å²) in [6.07, 6.45) is 5.81. The standard InChI is InChI=1S/C22H26ClFN6OS2/c1-12(27-11-31-2)10-26-22-25-7-6-16(28-22)20-19(29-21(33-20)13-4-5-13)15-8-14(24)9-17(18(15)23)30-32-3/h6-9,12-13,27,30H,4-5,10-11H2,1-3H3,(H,25,26,28). The zero-order chi connectivity index (χ0) is 23.4. The molecule has 1 atom stereocenters. The van der Waals surface area contributed by atoms with Crippen LogP contribution in [0.25, 0.3) is 21.8 Å². The van der Waals surface area contributed by atoms with E-state index in [1.807, 2.05) is 19.2 Å². The number of rotatable bonds is 11. The number of hydrogen-bond acceptors (Lipinski definition) is 9. The SMILES string of the molecule is COCNC(C)CNc1nccc(-c2sc(C3CC3)nc2-c2cc(F)cc(NSC)c2Cl)n1. The van der Waals surface area contributed by atoms with Crippen LogP contribution in [0.4, 0.5) is 16.0 Å². The Morgan fingerprint density at radius 1 is 1.33 bits per heavy atom. The summed E-state index contributed by atoms with van der Waals surface area (Å²) < 4.78 is 22.6. The van der Waals surface area contributed by atoms with E-state index in [0.717, 1.165) is 28.4 Å². The molecule has 11 heteroatoms. The van der Waals surface area contributed by atoms with Gasteiger partial charge < -0.3 is 14.8 Å². The van der Waals surface area contributed by atoms with Crippen LogP contribution >= 0.6 is 34.9 Å². The van der Waals surface area contributed by atoms with Crippen molar-refractivity contribution in [3.05, 3.63) is 40.2 Å². The molecule has 3 N–H and O–H groups in total. The fourth-order valence-corrected chi connectivity index (χ4v) is 5.16. The van der Waals surface area contributed by atoms with E-state index >= 15 is 0 Å². The van der Waals surface area contributed by atoms with Gasteiger partial charge in [-0.1, -0.05) is 23.5 Å². The Morgan fingerprint density at radius 2 is 2.15 bits per heavy atom. The maximum Gasteiger partial charge on any atom is 0.223 e. The molecule has 1 aliphatic rings. The first-order chi connectivity index (χ1) is 16.0. The molecule has 176 valence electrons. The first kappa shape index (κ1) is 24.2. The topological polar surface area (TPSA) is 84.0 Å². The first-order valence-electron chi connectivity index (χ1n) is 10.6. The van der Waals surface area contributed by atoms with Gasteiger partial charge in [0.25, 0.3) is 0 Å². The monoisotopic (exact) mass is 508 g/mol. The van der Waals surface area contributed by atoms with Crippen LogP contribution in [0, 0.1) is 5.82 Å². The Labute approximate surface area is 206 Å². The maximum absolute atomic E-state index is 14.5. The fraction of sp³-hybridized carbons (Fsp3) is 0.409. The molecule has 0 spiro atoms. The third-order valence-corrected chi connectivity index (χ3v) is 7.18. The molecule has 33 heavy (non-hydrogen) atoms. The van der Waals surface area contributed by atoms with Crippen LogP contribution in [0.3, 0.4) is 0 Å². The highest BCUT2D eigenvalue weighted by Gasteiger charge is 2.30. The van der Waals surface area contributed by atoms with Crippen LogP contribution in [-0.4, -0.2) is 47.6 Å². The van der Waals surface area contributed by atoms with Crippen LogP contribution in [0.5, 0.6) is 0 Å². The van der Waals surface area contributed by atoms with E-state index in [2.05, 4.69) is 20.3 Å². The van der Waals surface area contributed by atoms with Gasteiger partial charge in [0.2, 0.25) is 5.95 Å². The predicted molar refractivity (Wildman–Crippen MR) is 136 cm³/mol. The molecule has 1 saturated carbocycles. The average molecular weight is 509 g/mol. The van der Waals surface area contributed by atoms with Gasteiger partial charge in [-0.15, -0.1) is 11.3 Å². The summed E-state index contributed by atoms with van der Waals surface area (Å²) in [6, 6.07) is 4.85. The molecule has 0 amide bonds. The number of anilines is 2. The van der Waals surface area contributed by atoms with Gasteiger partial charge in [0, 0.05) is 43.6 Å². The Bertz CT molecular complexity index is 1110. The van der Waals surface area contributed by atoms with E-state index < -0.39 is 0 Å². The molecule has 2 heterocycles. The van der Waals surface area contributed by atoms with E-state index in [1.54, 1.807) is 24.6 Å². The normalized spacial score (nSPS) is 14.3. The van der Waals surface area contributed by atoms with Crippen molar-refractivity contribution in [1.29, 1.82) is 0 Å². The molecule has 4 rings (SSSR count). The molecule has 0 saturated heterocycles. The summed E-state index contributed by atoms with van der Waals surface area (Å²) >= 11 is 9.62. The molecule has 1 aromatic carbocycles. The van der Waals surface area contributed by atoms with Gasteiger partial charge in [0.05, 0.1) is 38.7 Å². The van der Waals surface area contributed by atoms with Gasteiger partial charge >= 0.3 is 0 Å². The molecule has 1 unspecified atom stereocenters. The number of benzene rings is 1.